The number of benzene rings is 1. The highest BCUT2D eigenvalue weighted by Gasteiger charge is 2.38. The largest absolute Gasteiger partial charge is 0.416 e. The van der Waals surface area contributed by atoms with Crippen LogP contribution in [0, 0.1) is 5.92 Å². The molecule has 2 unspecified atom stereocenters. The lowest BCUT2D eigenvalue weighted by Crippen LogP contribution is -2.34. The fourth-order valence-corrected chi connectivity index (χ4v) is 5.03. The average Bonchev–Trinajstić information content (AvgIpc) is 2.43. The fourth-order valence-electron chi connectivity index (χ4n) is 3.20. The van der Waals surface area contributed by atoms with E-state index in [9.17, 15) is 21.6 Å². The molecule has 2 rings (SSSR count). The van der Waals surface area contributed by atoms with E-state index in [2.05, 4.69) is 5.32 Å². The van der Waals surface area contributed by atoms with Crippen LogP contribution in [0.5, 0.6) is 0 Å². The van der Waals surface area contributed by atoms with Gasteiger partial charge in [-0.1, -0.05) is 18.2 Å². The number of hydrogen-bond donors (Lipinski definition) is 1. The van der Waals surface area contributed by atoms with Crippen LogP contribution in [0.15, 0.2) is 24.3 Å². The average molecular weight is 335 g/mol. The predicted molar refractivity (Wildman–Crippen MR) is 79.5 cm³/mol. The molecule has 0 amide bonds. The standard InChI is InChI=1S/C15H20F3NO2S/c1-19-9-13(11-5-4-8-22(20,21)10-11)12-6-2-3-7-14(12)15(16,17)18/h2-3,6-7,11,13,19H,4-5,8-10H2,1H3. The fraction of sp³-hybridized carbons (Fsp3) is 0.600. The van der Waals surface area contributed by atoms with Gasteiger partial charge in [0, 0.05) is 12.5 Å². The topological polar surface area (TPSA) is 46.2 Å². The quantitative estimate of drug-likeness (QED) is 0.920. The van der Waals surface area contributed by atoms with Crippen molar-refractivity contribution in [2.24, 2.45) is 5.92 Å². The Morgan fingerprint density at radius 3 is 2.59 bits per heavy atom. The minimum atomic E-state index is -4.43. The Balaban J connectivity index is 2.40. The summed E-state index contributed by atoms with van der Waals surface area (Å²) in [6, 6.07) is 5.46. The summed E-state index contributed by atoms with van der Waals surface area (Å²) in [4.78, 5) is 0. The van der Waals surface area contributed by atoms with Crippen molar-refractivity contribution in [3.05, 3.63) is 35.4 Å². The van der Waals surface area contributed by atoms with Crippen LogP contribution in [0.1, 0.15) is 29.9 Å². The third-order valence-electron chi connectivity index (χ3n) is 4.16. The van der Waals surface area contributed by atoms with E-state index < -0.39 is 27.5 Å². The van der Waals surface area contributed by atoms with Crippen molar-refractivity contribution < 1.29 is 21.6 Å². The molecular weight excluding hydrogens is 315 g/mol. The van der Waals surface area contributed by atoms with Crippen LogP contribution in [-0.2, 0) is 16.0 Å². The molecule has 0 bridgehead atoms. The molecule has 1 aliphatic heterocycles. The molecule has 0 aromatic heterocycles. The van der Waals surface area contributed by atoms with Crippen molar-refractivity contribution in [1.29, 1.82) is 0 Å². The number of rotatable bonds is 4. The molecule has 1 aliphatic rings. The van der Waals surface area contributed by atoms with Gasteiger partial charge in [-0.2, -0.15) is 13.2 Å². The lowest BCUT2D eigenvalue weighted by atomic mass is 9.82. The minimum Gasteiger partial charge on any atom is -0.319 e. The third kappa shape index (κ3) is 4.01. The van der Waals surface area contributed by atoms with Gasteiger partial charge < -0.3 is 5.32 Å². The molecule has 1 aromatic carbocycles. The van der Waals surface area contributed by atoms with E-state index in [4.69, 9.17) is 0 Å². The van der Waals surface area contributed by atoms with Gasteiger partial charge >= 0.3 is 6.18 Å². The zero-order valence-corrected chi connectivity index (χ0v) is 13.2. The van der Waals surface area contributed by atoms with Crippen LogP contribution in [0.3, 0.4) is 0 Å². The Hall–Kier alpha value is -1.08. The molecule has 0 spiro atoms. The summed E-state index contributed by atoms with van der Waals surface area (Å²) in [7, 11) is -1.49. The molecule has 3 nitrogen and oxygen atoms in total. The summed E-state index contributed by atoms with van der Waals surface area (Å²) in [6.07, 6.45) is -3.28. The second-order valence-corrected chi connectivity index (χ2v) is 7.99. The summed E-state index contributed by atoms with van der Waals surface area (Å²) >= 11 is 0. The summed E-state index contributed by atoms with van der Waals surface area (Å²) < 4.78 is 63.4. The van der Waals surface area contributed by atoms with E-state index in [1.807, 2.05) is 0 Å². The van der Waals surface area contributed by atoms with Crippen molar-refractivity contribution in [2.75, 3.05) is 25.1 Å². The first-order chi connectivity index (χ1) is 10.2. The molecule has 124 valence electrons. The first-order valence-electron chi connectivity index (χ1n) is 7.26. The van der Waals surface area contributed by atoms with E-state index >= 15 is 0 Å². The third-order valence-corrected chi connectivity index (χ3v) is 6.00. The lowest BCUT2D eigenvalue weighted by Gasteiger charge is -2.32. The number of nitrogens with one attached hydrogen (secondary N) is 1. The summed E-state index contributed by atoms with van der Waals surface area (Å²) in [5.74, 6) is -0.644. The summed E-state index contributed by atoms with van der Waals surface area (Å²) in [5, 5.41) is 2.91. The molecule has 1 N–H and O–H groups in total. The molecule has 1 saturated heterocycles. The molecule has 22 heavy (non-hydrogen) atoms. The van der Waals surface area contributed by atoms with Gasteiger partial charge in [0.05, 0.1) is 17.1 Å². The van der Waals surface area contributed by atoms with Crippen LogP contribution in [0.2, 0.25) is 0 Å². The first kappa shape index (κ1) is 17.3. The molecule has 7 heteroatoms. The van der Waals surface area contributed by atoms with Crippen LogP contribution in [0.4, 0.5) is 13.2 Å². The smallest absolute Gasteiger partial charge is 0.319 e. The zero-order valence-electron chi connectivity index (χ0n) is 12.4. The Morgan fingerprint density at radius 1 is 1.32 bits per heavy atom. The van der Waals surface area contributed by atoms with Gasteiger partial charge in [-0.05, 0) is 37.4 Å². The van der Waals surface area contributed by atoms with Crippen molar-refractivity contribution in [3.63, 3.8) is 0 Å². The van der Waals surface area contributed by atoms with Crippen LogP contribution in [0.25, 0.3) is 0 Å². The number of hydrogen-bond acceptors (Lipinski definition) is 3. The molecule has 1 aromatic rings. The maximum Gasteiger partial charge on any atom is 0.416 e. The summed E-state index contributed by atoms with van der Waals surface area (Å²) in [6.45, 7) is 0.327. The minimum absolute atomic E-state index is 0.0362. The van der Waals surface area contributed by atoms with E-state index in [0.717, 1.165) is 6.07 Å². The van der Waals surface area contributed by atoms with Gasteiger partial charge in [0.15, 0.2) is 9.84 Å². The van der Waals surface area contributed by atoms with E-state index in [1.54, 1.807) is 13.1 Å². The van der Waals surface area contributed by atoms with Gasteiger partial charge in [0.1, 0.15) is 0 Å². The highest BCUT2D eigenvalue weighted by molar-refractivity contribution is 7.91. The summed E-state index contributed by atoms with van der Waals surface area (Å²) in [5.41, 5.74) is -0.482. The van der Waals surface area contributed by atoms with E-state index in [0.29, 0.717) is 19.4 Å². The Morgan fingerprint density at radius 2 is 2.00 bits per heavy atom. The maximum absolute atomic E-state index is 13.2. The van der Waals surface area contributed by atoms with E-state index in [1.165, 1.54) is 12.1 Å². The highest BCUT2D eigenvalue weighted by Crippen LogP contribution is 2.39. The number of likely N-dealkylation sites (N-methyl/N-ethyl adjacent to an activating group) is 1. The van der Waals surface area contributed by atoms with Crippen molar-refractivity contribution in [2.45, 2.75) is 24.9 Å². The first-order valence-corrected chi connectivity index (χ1v) is 9.08. The van der Waals surface area contributed by atoms with Gasteiger partial charge in [-0.3, -0.25) is 0 Å². The molecule has 0 radical (unpaired) electrons. The Kier molecular flexibility index (Phi) is 5.17. The second-order valence-electron chi connectivity index (χ2n) is 5.77. The van der Waals surface area contributed by atoms with E-state index in [-0.39, 0.29) is 23.0 Å². The Labute approximate surface area is 128 Å². The molecular formula is C15H20F3NO2S. The van der Waals surface area contributed by atoms with Crippen LogP contribution < -0.4 is 5.32 Å². The number of sulfone groups is 1. The molecule has 2 atom stereocenters. The Bertz CT molecular complexity index is 613. The maximum atomic E-state index is 13.2. The van der Waals surface area contributed by atoms with Crippen LogP contribution >= 0.6 is 0 Å². The van der Waals surface area contributed by atoms with Crippen LogP contribution in [-0.4, -0.2) is 33.5 Å². The lowest BCUT2D eigenvalue weighted by molar-refractivity contribution is -0.138. The molecule has 0 saturated carbocycles. The van der Waals surface area contributed by atoms with Gasteiger partial charge in [-0.15, -0.1) is 0 Å². The monoisotopic (exact) mass is 335 g/mol. The molecule has 1 heterocycles. The van der Waals surface area contributed by atoms with Crippen molar-refractivity contribution in [3.8, 4) is 0 Å². The normalized spacial score (nSPS) is 23.2. The molecule has 0 aliphatic carbocycles. The predicted octanol–water partition coefficient (Wildman–Crippen LogP) is 2.83. The van der Waals surface area contributed by atoms with Gasteiger partial charge in [0.2, 0.25) is 0 Å². The van der Waals surface area contributed by atoms with Gasteiger partial charge in [0.25, 0.3) is 0 Å². The second kappa shape index (κ2) is 6.58. The highest BCUT2D eigenvalue weighted by atomic mass is 32.2. The number of halogens is 3. The zero-order chi connectivity index (χ0) is 16.4. The van der Waals surface area contributed by atoms with Crippen molar-refractivity contribution in [1.82, 2.24) is 5.32 Å². The number of alkyl halides is 3. The SMILES string of the molecule is CNCC(c1ccccc1C(F)(F)F)C1CCCS(=O)(=O)C1. The van der Waals surface area contributed by atoms with Crippen molar-refractivity contribution >= 4 is 9.84 Å². The molecule has 1 fully saturated rings. The van der Waals surface area contributed by atoms with Gasteiger partial charge in [-0.25, -0.2) is 8.42 Å².